The zero-order valence-corrected chi connectivity index (χ0v) is 10.5. The highest BCUT2D eigenvalue weighted by Crippen LogP contribution is 2.29. The number of nitrogens with zero attached hydrogens (tertiary/aromatic N) is 1. The molecule has 1 aromatic carbocycles. The molecule has 1 rings (SSSR count). The SMILES string of the molecule is COC(=O)c1ccc(OC)c(N(C)S(=O)O)c1. The van der Waals surface area contributed by atoms with Crippen LogP contribution >= 0.6 is 0 Å². The van der Waals surface area contributed by atoms with Gasteiger partial charge in [-0.3, -0.25) is 8.86 Å². The van der Waals surface area contributed by atoms with Crippen LogP contribution in [0.1, 0.15) is 10.4 Å². The number of carbonyl (C=O) groups excluding carboxylic acids is 1. The van der Waals surface area contributed by atoms with Gasteiger partial charge in [0.2, 0.25) is 0 Å². The van der Waals surface area contributed by atoms with Crippen LogP contribution in [0.15, 0.2) is 18.2 Å². The Labute approximate surface area is 102 Å². The molecule has 1 N–H and O–H groups in total. The van der Waals surface area contributed by atoms with E-state index in [-0.39, 0.29) is 5.56 Å². The third kappa shape index (κ3) is 2.95. The monoisotopic (exact) mass is 259 g/mol. The molecule has 6 nitrogen and oxygen atoms in total. The molecule has 1 unspecified atom stereocenters. The van der Waals surface area contributed by atoms with Crippen LogP contribution in [0, 0.1) is 0 Å². The molecule has 0 saturated carbocycles. The van der Waals surface area contributed by atoms with Crippen LogP contribution in [0.2, 0.25) is 0 Å². The summed E-state index contributed by atoms with van der Waals surface area (Å²) in [5.41, 5.74) is 0.608. The molecule has 0 heterocycles. The van der Waals surface area contributed by atoms with Crippen LogP contribution < -0.4 is 9.04 Å². The van der Waals surface area contributed by atoms with Crippen LogP contribution in [0.5, 0.6) is 5.75 Å². The Balaban J connectivity index is 3.24. The fourth-order valence-electron chi connectivity index (χ4n) is 1.27. The van der Waals surface area contributed by atoms with Gasteiger partial charge in [0.25, 0.3) is 11.3 Å². The second-order valence-electron chi connectivity index (χ2n) is 3.11. The molecule has 0 spiro atoms. The topological polar surface area (TPSA) is 76.1 Å². The number of rotatable bonds is 4. The molecule has 17 heavy (non-hydrogen) atoms. The molecule has 1 atom stereocenters. The molecular formula is C10H13NO5S. The van der Waals surface area contributed by atoms with E-state index >= 15 is 0 Å². The fraction of sp³-hybridized carbons (Fsp3) is 0.300. The van der Waals surface area contributed by atoms with Crippen molar-refractivity contribution in [3.63, 3.8) is 0 Å². The number of benzene rings is 1. The van der Waals surface area contributed by atoms with E-state index in [0.717, 1.165) is 4.31 Å². The molecule has 0 amide bonds. The first-order valence-corrected chi connectivity index (χ1v) is 5.68. The van der Waals surface area contributed by atoms with Gasteiger partial charge in [0.1, 0.15) is 5.75 Å². The number of hydrogen-bond donors (Lipinski definition) is 1. The molecule has 0 saturated heterocycles. The van der Waals surface area contributed by atoms with Crippen molar-refractivity contribution in [2.24, 2.45) is 0 Å². The maximum atomic E-state index is 11.3. The van der Waals surface area contributed by atoms with Crippen molar-refractivity contribution in [1.82, 2.24) is 0 Å². The molecule has 7 heteroatoms. The predicted octanol–water partition coefficient (Wildman–Crippen LogP) is 1.05. The summed E-state index contributed by atoms with van der Waals surface area (Å²) in [5.74, 6) is -0.131. The molecule has 0 aliphatic carbocycles. The lowest BCUT2D eigenvalue weighted by Gasteiger charge is -2.17. The van der Waals surface area contributed by atoms with Gasteiger partial charge in [0.05, 0.1) is 25.5 Å². The summed E-state index contributed by atoms with van der Waals surface area (Å²) < 4.78 is 30.7. The van der Waals surface area contributed by atoms with Gasteiger partial charge >= 0.3 is 5.97 Å². The lowest BCUT2D eigenvalue weighted by molar-refractivity contribution is 0.0600. The smallest absolute Gasteiger partial charge is 0.337 e. The Morgan fingerprint density at radius 2 is 2.06 bits per heavy atom. The van der Waals surface area contributed by atoms with E-state index in [2.05, 4.69) is 4.74 Å². The number of carbonyl (C=O) groups is 1. The minimum absolute atomic E-state index is 0.278. The van der Waals surface area contributed by atoms with Gasteiger partial charge in [-0.05, 0) is 18.2 Å². The van der Waals surface area contributed by atoms with Crippen molar-refractivity contribution in [2.45, 2.75) is 0 Å². The second kappa shape index (κ2) is 5.65. The Bertz CT molecular complexity index is 448. The maximum absolute atomic E-state index is 11.3. The zero-order valence-electron chi connectivity index (χ0n) is 9.67. The van der Waals surface area contributed by atoms with Gasteiger partial charge in [-0.25, -0.2) is 9.00 Å². The largest absolute Gasteiger partial charge is 0.495 e. The van der Waals surface area contributed by atoms with E-state index in [9.17, 15) is 9.00 Å². The van der Waals surface area contributed by atoms with Crippen molar-refractivity contribution in [3.05, 3.63) is 23.8 Å². The molecule has 94 valence electrons. The average Bonchev–Trinajstić information content (AvgIpc) is 2.35. The van der Waals surface area contributed by atoms with Gasteiger partial charge < -0.3 is 9.47 Å². The zero-order chi connectivity index (χ0) is 13.0. The van der Waals surface area contributed by atoms with E-state index in [1.807, 2.05) is 0 Å². The first-order chi connectivity index (χ1) is 8.01. The minimum atomic E-state index is -2.20. The molecule has 0 aliphatic heterocycles. The number of esters is 1. The summed E-state index contributed by atoms with van der Waals surface area (Å²) in [6, 6.07) is 4.48. The van der Waals surface area contributed by atoms with Crippen molar-refractivity contribution >= 4 is 22.9 Å². The molecular weight excluding hydrogens is 246 g/mol. The van der Waals surface area contributed by atoms with E-state index in [4.69, 9.17) is 9.29 Å². The normalized spacial score (nSPS) is 11.8. The Kier molecular flexibility index (Phi) is 4.47. The van der Waals surface area contributed by atoms with Gasteiger partial charge in [-0.2, -0.15) is 0 Å². The molecule has 0 bridgehead atoms. The standard InChI is InChI=1S/C10H13NO5S/c1-11(17(13)14)8-6-7(10(12)16-3)4-5-9(8)15-2/h4-6H,1-3H3,(H,13,14). The van der Waals surface area contributed by atoms with E-state index < -0.39 is 17.2 Å². The number of hydrogen-bond acceptors (Lipinski definition) is 4. The Morgan fingerprint density at radius 3 is 2.53 bits per heavy atom. The highest BCUT2D eigenvalue weighted by atomic mass is 32.2. The number of methoxy groups -OCH3 is 2. The van der Waals surface area contributed by atoms with Crippen molar-refractivity contribution in [3.8, 4) is 5.75 Å². The molecule has 0 aromatic heterocycles. The first-order valence-electron chi connectivity index (χ1n) is 4.62. The van der Waals surface area contributed by atoms with Crippen LogP contribution in [-0.4, -0.2) is 36.0 Å². The molecule has 0 radical (unpaired) electrons. The minimum Gasteiger partial charge on any atom is -0.495 e. The summed E-state index contributed by atoms with van der Waals surface area (Å²) in [5, 5.41) is 0. The summed E-state index contributed by atoms with van der Waals surface area (Å²) >= 11 is -2.20. The highest BCUT2D eigenvalue weighted by molar-refractivity contribution is 7.80. The van der Waals surface area contributed by atoms with E-state index in [1.54, 1.807) is 0 Å². The van der Waals surface area contributed by atoms with Crippen molar-refractivity contribution in [2.75, 3.05) is 25.6 Å². The lowest BCUT2D eigenvalue weighted by atomic mass is 10.2. The number of anilines is 1. The quantitative estimate of drug-likeness (QED) is 0.646. The van der Waals surface area contributed by atoms with Crippen LogP contribution in [0.25, 0.3) is 0 Å². The number of ether oxygens (including phenoxy) is 2. The third-order valence-corrected chi connectivity index (χ3v) is 2.84. The van der Waals surface area contributed by atoms with Crippen LogP contribution in [-0.2, 0) is 16.0 Å². The average molecular weight is 259 g/mol. The summed E-state index contributed by atoms with van der Waals surface area (Å²) in [7, 11) is 4.11. The summed E-state index contributed by atoms with van der Waals surface area (Å²) in [6.45, 7) is 0. The van der Waals surface area contributed by atoms with Gasteiger partial charge in [0, 0.05) is 7.05 Å². The van der Waals surface area contributed by atoms with Crippen LogP contribution in [0.4, 0.5) is 5.69 Å². The second-order valence-corrected chi connectivity index (χ2v) is 4.12. The predicted molar refractivity (Wildman–Crippen MR) is 63.5 cm³/mol. The molecule has 1 aromatic rings. The van der Waals surface area contributed by atoms with Gasteiger partial charge in [-0.15, -0.1) is 0 Å². The first kappa shape index (κ1) is 13.5. The fourth-order valence-corrected chi connectivity index (χ4v) is 1.58. The van der Waals surface area contributed by atoms with E-state index in [1.165, 1.54) is 39.5 Å². The summed E-state index contributed by atoms with van der Waals surface area (Å²) in [4.78, 5) is 11.3. The maximum Gasteiger partial charge on any atom is 0.337 e. The van der Waals surface area contributed by atoms with E-state index in [0.29, 0.717) is 11.4 Å². The van der Waals surface area contributed by atoms with Gasteiger partial charge in [0.15, 0.2) is 0 Å². The van der Waals surface area contributed by atoms with Crippen molar-refractivity contribution < 1.29 is 23.0 Å². The lowest BCUT2D eigenvalue weighted by Crippen LogP contribution is -2.20. The third-order valence-electron chi connectivity index (χ3n) is 2.17. The Hall–Kier alpha value is -1.60. The summed E-state index contributed by atoms with van der Waals surface area (Å²) in [6.07, 6.45) is 0. The molecule has 0 aliphatic rings. The highest BCUT2D eigenvalue weighted by Gasteiger charge is 2.16. The van der Waals surface area contributed by atoms with Gasteiger partial charge in [-0.1, -0.05) is 0 Å². The van der Waals surface area contributed by atoms with Crippen LogP contribution in [0.3, 0.4) is 0 Å². The molecule has 0 fully saturated rings. The Morgan fingerprint density at radius 1 is 1.41 bits per heavy atom. The van der Waals surface area contributed by atoms with Crippen molar-refractivity contribution in [1.29, 1.82) is 0 Å².